The summed E-state index contributed by atoms with van der Waals surface area (Å²) in [6, 6.07) is 2.57. The Morgan fingerprint density at radius 1 is 1.23 bits per heavy atom. The number of aryl methyl sites for hydroxylation is 1. The highest BCUT2D eigenvalue weighted by Crippen LogP contribution is 2.31. The molecule has 0 aliphatic rings. The van der Waals surface area contributed by atoms with Crippen LogP contribution in [-0.2, 0) is 10.1 Å². The molecule has 1 aromatic carbocycles. The quantitative estimate of drug-likeness (QED) is 0.707. The predicted octanol–water partition coefficient (Wildman–Crippen LogP) is 2.21. The first-order chi connectivity index (χ1) is 5.84. The summed E-state index contributed by atoms with van der Waals surface area (Å²) in [6.45, 7) is 1.66. The molecule has 0 bridgehead atoms. The van der Waals surface area contributed by atoms with E-state index in [0.29, 0.717) is 5.56 Å². The van der Waals surface area contributed by atoms with Crippen molar-refractivity contribution in [2.45, 2.75) is 11.8 Å². The maximum absolute atomic E-state index is 10.6. The lowest BCUT2D eigenvalue weighted by molar-refractivity contribution is 0.463. The van der Waals surface area contributed by atoms with Crippen LogP contribution < -0.4 is 0 Å². The van der Waals surface area contributed by atoms with E-state index in [1.165, 1.54) is 6.07 Å². The number of hydrogen-bond donors (Lipinski definition) is 0. The SMILES string of the molecule is Cc1ccc(S(=O)(=O)[O-])c(Cl)c1Cl. The molecule has 0 radical (unpaired) electrons. The van der Waals surface area contributed by atoms with Crippen LogP contribution in [0.4, 0.5) is 0 Å². The van der Waals surface area contributed by atoms with Crippen molar-refractivity contribution in [3.8, 4) is 0 Å². The normalized spacial score (nSPS) is 11.7. The molecule has 6 heteroatoms. The lowest BCUT2D eigenvalue weighted by atomic mass is 10.2. The van der Waals surface area contributed by atoms with Crippen LogP contribution >= 0.6 is 23.2 Å². The van der Waals surface area contributed by atoms with Gasteiger partial charge in [0.25, 0.3) is 0 Å². The van der Waals surface area contributed by atoms with Crippen molar-refractivity contribution in [1.82, 2.24) is 0 Å². The number of hydrogen-bond acceptors (Lipinski definition) is 3. The first-order valence-corrected chi connectivity index (χ1v) is 5.41. The van der Waals surface area contributed by atoms with E-state index in [2.05, 4.69) is 0 Å². The van der Waals surface area contributed by atoms with Crippen molar-refractivity contribution in [1.29, 1.82) is 0 Å². The summed E-state index contributed by atoms with van der Waals surface area (Å²) in [5.41, 5.74) is 0.624. The fourth-order valence-electron chi connectivity index (χ4n) is 0.821. The molecule has 0 heterocycles. The number of halogens is 2. The van der Waals surface area contributed by atoms with Crippen molar-refractivity contribution < 1.29 is 13.0 Å². The average Bonchev–Trinajstić information content (AvgIpc) is 1.98. The second-order valence-electron chi connectivity index (χ2n) is 2.46. The molecule has 0 aliphatic heterocycles. The lowest BCUT2D eigenvalue weighted by Gasteiger charge is -2.10. The van der Waals surface area contributed by atoms with Gasteiger partial charge in [0.15, 0.2) is 0 Å². The van der Waals surface area contributed by atoms with E-state index >= 15 is 0 Å². The van der Waals surface area contributed by atoms with Crippen LogP contribution in [0, 0.1) is 6.92 Å². The van der Waals surface area contributed by atoms with E-state index in [1.807, 2.05) is 0 Å². The molecular formula is C7H5Cl2O3S-. The standard InChI is InChI=1S/C7H6Cl2O3S/c1-4-2-3-5(13(10,11)12)7(9)6(4)8/h2-3H,1H3,(H,10,11,12)/p-1. The molecule has 0 unspecified atom stereocenters. The fraction of sp³-hybridized carbons (Fsp3) is 0.143. The van der Waals surface area contributed by atoms with E-state index in [-0.39, 0.29) is 10.0 Å². The zero-order valence-corrected chi connectivity index (χ0v) is 8.87. The van der Waals surface area contributed by atoms with Crippen molar-refractivity contribution in [2.24, 2.45) is 0 Å². The monoisotopic (exact) mass is 239 g/mol. The smallest absolute Gasteiger partial charge is 0.125 e. The van der Waals surface area contributed by atoms with E-state index in [4.69, 9.17) is 23.2 Å². The van der Waals surface area contributed by atoms with Gasteiger partial charge < -0.3 is 4.55 Å². The highest BCUT2D eigenvalue weighted by molar-refractivity contribution is 7.85. The third-order valence-electron chi connectivity index (χ3n) is 1.51. The summed E-state index contributed by atoms with van der Waals surface area (Å²) < 4.78 is 31.9. The van der Waals surface area contributed by atoms with Gasteiger partial charge in [0.2, 0.25) is 0 Å². The maximum Gasteiger partial charge on any atom is 0.125 e. The molecule has 0 N–H and O–H groups in total. The summed E-state index contributed by atoms with van der Waals surface area (Å²) in [5.74, 6) is 0. The molecule has 3 nitrogen and oxygen atoms in total. The van der Waals surface area contributed by atoms with Gasteiger partial charge in [0.05, 0.1) is 14.9 Å². The minimum atomic E-state index is -4.54. The number of rotatable bonds is 1. The zero-order chi connectivity index (χ0) is 10.2. The molecule has 0 aliphatic carbocycles. The van der Waals surface area contributed by atoms with Crippen LogP contribution in [0.2, 0.25) is 10.0 Å². The Hall–Kier alpha value is -0.290. The summed E-state index contributed by atoms with van der Waals surface area (Å²) in [7, 11) is -4.54. The van der Waals surface area contributed by atoms with Crippen molar-refractivity contribution >= 4 is 33.3 Å². The van der Waals surface area contributed by atoms with Crippen LogP contribution in [0.1, 0.15) is 5.56 Å². The summed E-state index contributed by atoms with van der Waals surface area (Å²) in [5, 5.41) is -0.116. The molecule has 1 aromatic rings. The fourth-order valence-corrected chi connectivity index (χ4v) is 2.09. The van der Waals surface area contributed by atoms with Gasteiger partial charge in [-0.25, -0.2) is 8.42 Å². The molecule has 0 atom stereocenters. The molecule has 0 amide bonds. The Kier molecular flexibility index (Phi) is 2.87. The first-order valence-electron chi connectivity index (χ1n) is 3.24. The minimum absolute atomic E-state index is 0.0959. The molecule has 0 aromatic heterocycles. The third-order valence-corrected chi connectivity index (χ3v) is 3.48. The van der Waals surface area contributed by atoms with Gasteiger partial charge in [0, 0.05) is 0 Å². The van der Waals surface area contributed by atoms with Gasteiger partial charge >= 0.3 is 0 Å². The van der Waals surface area contributed by atoms with E-state index in [0.717, 1.165) is 6.07 Å². The molecule has 0 fully saturated rings. The molecule has 0 saturated carbocycles. The maximum atomic E-state index is 10.6. The van der Waals surface area contributed by atoms with Gasteiger partial charge in [-0.2, -0.15) is 0 Å². The third kappa shape index (κ3) is 2.14. The first kappa shape index (κ1) is 10.8. The van der Waals surface area contributed by atoms with Crippen molar-refractivity contribution in [2.75, 3.05) is 0 Å². The van der Waals surface area contributed by atoms with Gasteiger partial charge in [-0.15, -0.1) is 0 Å². The summed E-state index contributed by atoms with van der Waals surface area (Å²) in [6.07, 6.45) is 0. The van der Waals surface area contributed by atoms with Gasteiger partial charge in [-0.05, 0) is 18.6 Å². The molecule has 1 rings (SSSR count). The second kappa shape index (κ2) is 3.46. The molecule has 72 valence electrons. The van der Waals surface area contributed by atoms with Crippen molar-refractivity contribution in [3.05, 3.63) is 27.7 Å². The minimum Gasteiger partial charge on any atom is -0.744 e. The summed E-state index contributed by atoms with van der Waals surface area (Å²) in [4.78, 5) is -0.482. The van der Waals surface area contributed by atoms with Crippen LogP contribution in [-0.4, -0.2) is 13.0 Å². The van der Waals surface area contributed by atoms with E-state index < -0.39 is 15.0 Å². The van der Waals surface area contributed by atoms with Gasteiger partial charge in [0.1, 0.15) is 10.1 Å². The van der Waals surface area contributed by atoms with Crippen molar-refractivity contribution in [3.63, 3.8) is 0 Å². The van der Waals surface area contributed by atoms with Crippen LogP contribution in [0.25, 0.3) is 0 Å². The Bertz CT molecular complexity index is 439. The molecular weight excluding hydrogens is 235 g/mol. The lowest BCUT2D eigenvalue weighted by Crippen LogP contribution is -2.00. The Morgan fingerprint density at radius 3 is 2.23 bits per heavy atom. The molecule has 0 spiro atoms. The van der Waals surface area contributed by atoms with Crippen LogP contribution in [0.5, 0.6) is 0 Å². The largest absolute Gasteiger partial charge is 0.744 e. The Labute approximate surface area is 86.0 Å². The van der Waals surface area contributed by atoms with Gasteiger partial charge in [-0.3, -0.25) is 0 Å². The summed E-state index contributed by atoms with van der Waals surface area (Å²) >= 11 is 11.2. The van der Waals surface area contributed by atoms with Crippen LogP contribution in [0.15, 0.2) is 17.0 Å². The Morgan fingerprint density at radius 2 is 1.77 bits per heavy atom. The second-order valence-corrected chi connectivity index (χ2v) is 4.57. The average molecular weight is 240 g/mol. The van der Waals surface area contributed by atoms with E-state index in [1.54, 1.807) is 6.92 Å². The molecule has 13 heavy (non-hydrogen) atoms. The topological polar surface area (TPSA) is 57.2 Å². The van der Waals surface area contributed by atoms with Crippen LogP contribution in [0.3, 0.4) is 0 Å². The number of benzene rings is 1. The zero-order valence-electron chi connectivity index (χ0n) is 6.54. The molecule has 0 saturated heterocycles. The highest BCUT2D eigenvalue weighted by Gasteiger charge is 2.11. The Balaban J connectivity index is 3.53. The van der Waals surface area contributed by atoms with Gasteiger partial charge in [-0.1, -0.05) is 29.3 Å². The van der Waals surface area contributed by atoms with E-state index in [9.17, 15) is 13.0 Å². The highest BCUT2D eigenvalue weighted by atomic mass is 35.5. The predicted molar refractivity (Wildman–Crippen MR) is 49.2 cm³/mol.